The van der Waals surface area contributed by atoms with Gasteiger partial charge in [0.25, 0.3) is 0 Å². The van der Waals surface area contributed by atoms with E-state index in [2.05, 4.69) is 21.0 Å². The maximum absolute atomic E-state index is 13.2. The molecule has 3 atom stereocenters. The lowest BCUT2D eigenvalue weighted by atomic mass is 9.92. The van der Waals surface area contributed by atoms with Gasteiger partial charge < -0.3 is 19.3 Å². The van der Waals surface area contributed by atoms with E-state index in [0.29, 0.717) is 30.5 Å². The second-order valence-corrected chi connectivity index (χ2v) is 13.3. The number of likely N-dealkylation sites (tertiary alicyclic amines) is 2. The number of benzene rings is 1. The highest BCUT2D eigenvalue weighted by molar-refractivity contribution is 9.10. The number of piperidine rings is 1. The van der Waals surface area contributed by atoms with Gasteiger partial charge in [-0.2, -0.15) is 5.10 Å². The van der Waals surface area contributed by atoms with Crippen LogP contribution < -0.4 is 0 Å². The van der Waals surface area contributed by atoms with E-state index in [0.717, 1.165) is 85.5 Å². The first-order chi connectivity index (χ1) is 18.6. The van der Waals surface area contributed by atoms with E-state index in [1.165, 1.54) is 0 Å². The number of ether oxygens (including phenoxy) is 2. The van der Waals surface area contributed by atoms with Gasteiger partial charge in [-0.05, 0) is 106 Å². The maximum atomic E-state index is 13.2. The number of halogens is 2. The lowest BCUT2D eigenvalue weighted by molar-refractivity contribution is -0.133. The molecule has 39 heavy (non-hydrogen) atoms. The van der Waals surface area contributed by atoms with Gasteiger partial charge in [-0.15, -0.1) is 0 Å². The number of rotatable bonds is 6. The Morgan fingerprint density at radius 1 is 1.18 bits per heavy atom. The number of amides is 2. The molecule has 10 heteroatoms. The second kappa shape index (κ2) is 12.0. The molecule has 1 unspecified atom stereocenters. The minimum atomic E-state index is -0.522. The number of fused-ring (bicyclic) bond motifs is 2. The summed E-state index contributed by atoms with van der Waals surface area (Å²) in [7, 11) is 0. The van der Waals surface area contributed by atoms with Gasteiger partial charge in [0.05, 0.1) is 17.8 Å². The van der Waals surface area contributed by atoms with E-state index in [9.17, 15) is 9.59 Å². The summed E-state index contributed by atoms with van der Waals surface area (Å²) in [6.45, 7) is 8.44. The molecular formula is C29H40BrClN4O4. The molecule has 8 nitrogen and oxygen atoms in total. The molecule has 0 spiro atoms. The van der Waals surface area contributed by atoms with E-state index < -0.39 is 5.60 Å². The van der Waals surface area contributed by atoms with Crippen molar-refractivity contribution in [3.05, 3.63) is 27.3 Å². The van der Waals surface area contributed by atoms with Crippen LogP contribution in [0.4, 0.5) is 4.79 Å². The number of aromatic nitrogens is 2. The molecule has 3 aliphatic rings. The Kier molecular flexibility index (Phi) is 8.79. The standard InChI is InChI=1S/C29H40BrClN4O4/c1-29(2,3)39-28(37)33-13-11-19-12-14-34(24(19)18-33)25(36)9-5-4-8-20-22(31)16-23-21(27(20)30)17-32-35(23)26-10-6-7-15-38-26/h16-17,19,24,26H,4-15,18H2,1-3H3/t19-,24-,26?/m0/s1. The summed E-state index contributed by atoms with van der Waals surface area (Å²) in [5, 5.41) is 6.36. The Morgan fingerprint density at radius 2 is 1.97 bits per heavy atom. The molecule has 3 aliphatic heterocycles. The lowest BCUT2D eigenvalue weighted by Gasteiger charge is -2.39. The van der Waals surface area contributed by atoms with Gasteiger partial charge in [0.1, 0.15) is 5.60 Å². The topological polar surface area (TPSA) is 76.9 Å². The van der Waals surface area contributed by atoms with Gasteiger partial charge in [0.2, 0.25) is 5.91 Å². The molecule has 0 bridgehead atoms. The zero-order valence-electron chi connectivity index (χ0n) is 23.3. The highest BCUT2D eigenvalue weighted by atomic mass is 79.9. The van der Waals surface area contributed by atoms with Crippen LogP contribution in [0.15, 0.2) is 16.7 Å². The van der Waals surface area contributed by atoms with E-state index in [1.807, 2.05) is 42.6 Å². The Hall–Kier alpha value is -1.84. The van der Waals surface area contributed by atoms with Crippen molar-refractivity contribution in [2.45, 2.75) is 96.4 Å². The van der Waals surface area contributed by atoms with Gasteiger partial charge >= 0.3 is 6.09 Å². The Morgan fingerprint density at radius 3 is 2.72 bits per heavy atom. The normalized spacial score (nSPS) is 23.8. The van der Waals surface area contributed by atoms with E-state index in [4.69, 9.17) is 21.1 Å². The number of hydrogen-bond donors (Lipinski definition) is 0. The van der Waals surface area contributed by atoms with Crippen LogP contribution in [0.5, 0.6) is 0 Å². The van der Waals surface area contributed by atoms with Crippen LogP contribution in [0.25, 0.3) is 10.9 Å². The van der Waals surface area contributed by atoms with Gasteiger partial charge in [-0.3, -0.25) is 4.79 Å². The summed E-state index contributed by atoms with van der Waals surface area (Å²) in [6.07, 6.45) is 9.63. The van der Waals surface area contributed by atoms with Crippen LogP contribution >= 0.6 is 27.5 Å². The van der Waals surface area contributed by atoms with Crippen LogP contribution in [0.1, 0.15) is 83.9 Å². The third-order valence-corrected chi connectivity index (χ3v) is 9.46. The SMILES string of the molecule is CC(C)(C)OC(=O)N1CC[C@H]2CCN(C(=O)CCCCc3c(Cl)cc4c(cnn4C4CCCCO4)c3Br)[C@H]2C1. The summed E-state index contributed by atoms with van der Waals surface area (Å²) in [5.74, 6) is 0.650. The second-order valence-electron chi connectivity index (χ2n) is 12.1. The third-order valence-electron chi connectivity index (χ3n) is 8.22. The predicted octanol–water partition coefficient (Wildman–Crippen LogP) is 6.72. The van der Waals surface area contributed by atoms with E-state index in [-0.39, 0.29) is 24.3 Å². The van der Waals surface area contributed by atoms with Crippen molar-refractivity contribution in [1.82, 2.24) is 19.6 Å². The van der Waals surface area contributed by atoms with Gasteiger partial charge in [0.15, 0.2) is 6.23 Å². The molecule has 2 amide bonds. The van der Waals surface area contributed by atoms with Crippen LogP contribution in [0.3, 0.4) is 0 Å². The predicted molar refractivity (Wildman–Crippen MR) is 155 cm³/mol. The van der Waals surface area contributed by atoms with Gasteiger partial charge in [-0.1, -0.05) is 11.6 Å². The van der Waals surface area contributed by atoms with Crippen molar-refractivity contribution < 1.29 is 19.1 Å². The first kappa shape index (κ1) is 28.7. The molecule has 0 saturated carbocycles. The molecule has 5 rings (SSSR count). The number of hydrogen-bond acceptors (Lipinski definition) is 5. The summed E-state index contributed by atoms with van der Waals surface area (Å²) in [6, 6.07) is 2.09. The van der Waals surface area contributed by atoms with Crippen molar-refractivity contribution in [3.8, 4) is 0 Å². The Balaban J connectivity index is 1.15. The first-order valence-electron chi connectivity index (χ1n) is 14.4. The quantitative estimate of drug-likeness (QED) is 0.334. The average molecular weight is 624 g/mol. The number of carbonyl (C=O) groups is 2. The van der Waals surface area contributed by atoms with Crippen LogP contribution in [0, 0.1) is 5.92 Å². The van der Waals surface area contributed by atoms with Crippen molar-refractivity contribution in [2.75, 3.05) is 26.2 Å². The molecule has 0 radical (unpaired) electrons. The fraction of sp³-hybridized carbons (Fsp3) is 0.690. The molecule has 0 aliphatic carbocycles. The van der Waals surface area contributed by atoms with E-state index in [1.54, 1.807) is 4.90 Å². The van der Waals surface area contributed by atoms with Gasteiger partial charge in [-0.25, -0.2) is 9.48 Å². The molecule has 3 saturated heterocycles. The smallest absolute Gasteiger partial charge is 0.410 e. The first-order valence-corrected chi connectivity index (χ1v) is 15.5. The zero-order chi connectivity index (χ0) is 27.7. The molecule has 3 fully saturated rings. The van der Waals surface area contributed by atoms with Crippen molar-refractivity contribution in [3.63, 3.8) is 0 Å². The van der Waals surface area contributed by atoms with Crippen molar-refractivity contribution in [2.24, 2.45) is 5.92 Å². The van der Waals surface area contributed by atoms with Crippen LogP contribution in [0.2, 0.25) is 5.02 Å². The Bertz CT molecular complexity index is 1210. The molecule has 1 aromatic heterocycles. The summed E-state index contributed by atoms with van der Waals surface area (Å²) >= 11 is 10.5. The zero-order valence-corrected chi connectivity index (χ0v) is 25.6. The third kappa shape index (κ3) is 6.41. The van der Waals surface area contributed by atoms with Crippen LogP contribution in [-0.4, -0.2) is 69.5 Å². The number of carbonyl (C=O) groups excluding carboxylic acids is 2. The summed E-state index contributed by atoms with van der Waals surface area (Å²) in [5.41, 5.74) is 1.52. The fourth-order valence-corrected chi connectivity index (χ4v) is 7.32. The average Bonchev–Trinajstić information content (AvgIpc) is 3.51. The minimum Gasteiger partial charge on any atom is -0.444 e. The minimum absolute atomic E-state index is 0.0401. The highest BCUT2D eigenvalue weighted by Crippen LogP contribution is 2.37. The van der Waals surface area contributed by atoms with E-state index >= 15 is 0 Å². The summed E-state index contributed by atoms with van der Waals surface area (Å²) < 4.78 is 14.4. The molecular weight excluding hydrogens is 584 g/mol. The largest absolute Gasteiger partial charge is 0.444 e. The molecule has 0 N–H and O–H groups in total. The molecule has 2 aromatic rings. The summed E-state index contributed by atoms with van der Waals surface area (Å²) in [4.78, 5) is 29.6. The number of nitrogens with zero attached hydrogens (tertiary/aromatic N) is 4. The number of unbranched alkanes of at least 4 members (excludes halogenated alkanes) is 1. The van der Waals surface area contributed by atoms with Crippen molar-refractivity contribution >= 4 is 50.4 Å². The maximum Gasteiger partial charge on any atom is 0.410 e. The highest BCUT2D eigenvalue weighted by Gasteiger charge is 2.42. The fourth-order valence-electron chi connectivity index (χ4n) is 6.20. The molecule has 1 aromatic carbocycles. The van der Waals surface area contributed by atoms with Crippen LogP contribution in [-0.2, 0) is 20.7 Å². The van der Waals surface area contributed by atoms with Gasteiger partial charge in [0, 0.05) is 47.5 Å². The van der Waals surface area contributed by atoms with Crippen molar-refractivity contribution in [1.29, 1.82) is 0 Å². The molecule has 214 valence electrons. The molecule has 4 heterocycles. The monoisotopic (exact) mass is 622 g/mol. The lowest BCUT2D eigenvalue weighted by Crippen LogP contribution is -2.52. The Labute approximate surface area is 244 Å².